The molecule has 158 valence electrons. The van der Waals surface area contributed by atoms with Crippen molar-refractivity contribution >= 4 is 27.5 Å². The van der Waals surface area contributed by atoms with Gasteiger partial charge in [0.05, 0.1) is 17.5 Å². The van der Waals surface area contributed by atoms with E-state index in [1.165, 1.54) is 15.3 Å². The molecular weight excluding hydrogens is 380 g/mol. The number of aryl methyl sites for hydroxylation is 1. The normalized spacial score (nSPS) is 12.9. The van der Waals surface area contributed by atoms with Crippen LogP contribution in [0, 0.1) is 6.92 Å². The summed E-state index contributed by atoms with van der Waals surface area (Å²) in [5.74, 6) is -0.422. The SMILES string of the molecule is CCN(CC)S(=O)(=O)c1cc(NC(=O)[C@@H](C)N(C)CC(=O)N(C)C)ccc1C. The fourth-order valence-corrected chi connectivity index (χ4v) is 4.31. The van der Waals surface area contributed by atoms with Crippen LogP contribution < -0.4 is 5.32 Å². The van der Waals surface area contributed by atoms with Gasteiger partial charge >= 0.3 is 0 Å². The Hall–Kier alpha value is -1.97. The quantitative estimate of drug-likeness (QED) is 0.662. The molecule has 0 heterocycles. The molecule has 8 nitrogen and oxygen atoms in total. The predicted molar refractivity (Wildman–Crippen MR) is 111 cm³/mol. The molecule has 0 spiro atoms. The monoisotopic (exact) mass is 412 g/mol. The summed E-state index contributed by atoms with van der Waals surface area (Å²) in [4.78, 5) is 27.7. The zero-order chi connectivity index (χ0) is 21.6. The molecule has 0 saturated heterocycles. The Morgan fingerprint density at radius 1 is 1.11 bits per heavy atom. The molecule has 0 aliphatic carbocycles. The Balaban J connectivity index is 3.02. The molecule has 1 N–H and O–H groups in total. The van der Waals surface area contributed by atoms with Gasteiger partial charge in [0.1, 0.15) is 0 Å². The average molecular weight is 413 g/mol. The number of anilines is 1. The Morgan fingerprint density at radius 3 is 2.18 bits per heavy atom. The fourth-order valence-electron chi connectivity index (χ4n) is 2.60. The summed E-state index contributed by atoms with van der Waals surface area (Å²) in [5, 5.41) is 2.75. The highest BCUT2D eigenvalue weighted by atomic mass is 32.2. The van der Waals surface area contributed by atoms with Crippen LogP contribution in [0.25, 0.3) is 0 Å². The zero-order valence-corrected chi connectivity index (χ0v) is 18.6. The minimum absolute atomic E-state index is 0.106. The van der Waals surface area contributed by atoms with Crippen LogP contribution in [-0.2, 0) is 19.6 Å². The lowest BCUT2D eigenvalue weighted by Crippen LogP contribution is -2.44. The number of carbonyl (C=O) groups is 2. The summed E-state index contributed by atoms with van der Waals surface area (Å²) in [7, 11) is 1.38. The van der Waals surface area contributed by atoms with Crippen molar-refractivity contribution in [2.24, 2.45) is 0 Å². The van der Waals surface area contributed by atoms with Gasteiger partial charge in [0.15, 0.2) is 0 Å². The van der Waals surface area contributed by atoms with E-state index in [1.54, 1.807) is 65.9 Å². The smallest absolute Gasteiger partial charge is 0.243 e. The number of hydrogen-bond donors (Lipinski definition) is 1. The maximum absolute atomic E-state index is 12.8. The van der Waals surface area contributed by atoms with Gasteiger partial charge in [0.25, 0.3) is 0 Å². The second-order valence-corrected chi connectivity index (χ2v) is 8.84. The molecular formula is C19H32N4O4S. The molecule has 0 aliphatic heterocycles. The van der Waals surface area contributed by atoms with E-state index < -0.39 is 16.1 Å². The summed E-state index contributed by atoms with van der Waals surface area (Å²) in [6.45, 7) is 7.85. The second kappa shape index (κ2) is 9.99. The number of likely N-dealkylation sites (N-methyl/N-ethyl adjacent to an activating group) is 2. The average Bonchev–Trinajstić information content (AvgIpc) is 2.62. The molecule has 0 fully saturated rings. The second-order valence-electron chi connectivity index (χ2n) is 6.94. The van der Waals surface area contributed by atoms with Crippen molar-refractivity contribution in [1.82, 2.24) is 14.1 Å². The molecule has 1 aromatic carbocycles. The molecule has 0 aliphatic rings. The number of sulfonamides is 1. The van der Waals surface area contributed by atoms with Crippen molar-refractivity contribution in [3.05, 3.63) is 23.8 Å². The fraction of sp³-hybridized carbons (Fsp3) is 0.579. The molecule has 1 atom stereocenters. The highest BCUT2D eigenvalue weighted by molar-refractivity contribution is 7.89. The van der Waals surface area contributed by atoms with E-state index in [1.807, 2.05) is 0 Å². The minimum atomic E-state index is -3.63. The lowest BCUT2D eigenvalue weighted by atomic mass is 10.2. The number of amides is 2. The van der Waals surface area contributed by atoms with Crippen molar-refractivity contribution in [2.75, 3.05) is 46.1 Å². The predicted octanol–water partition coefficient (Wildman–Crippen LogP) is 1.37. The van der Waals surface area contributed by atoms with Crippen LogP contribution >= 0.6 is 0 Å². The van der Waals surface area contributed by atoms with Crippen LogP contribution in [0.2, 0.25) is 0 Å². The maximum atomic E-state index is 12.8. The largest absolute Gasteiger partial charge is 0.348 e. The number of carbonyl (C=O) groups excluding carboxylic acids is 2. The summed E-state index contributed by atoms with van der Waals surface area (Å²) in [6, 6.07) is 4.27. The Kier molecular flexibility index (Phi) is 8.59. The van der Waals surface area contributed by atoms with Crippen molar-refractivity contribution in [1.29, 1.82) is 0 Å². The van der Waals surface area contributed by atoms with Crippen molar-refractivity contribution in [3.63, 3.8) is 0 Å². The van der Waals surface area contributed by atoms with Crippen LogP contribution in [0.1, 0.15) is 26.3 Å². The van der Waals surface area contributed by atoms with Gasteiger partial charge in [0, 0.05) is 32.9 Å². The van der Waals surface area contributed by atoms with Crippen molar-refractivity contribution < 1.29 is 18.0 Å². The van der Waals surface area contributed by atoms with E-state index in [2.05, 4.69) is 5.32 Å². The summed E-state index contributed by atoms with van der Waals surface area (Å²) >= 11 is 0. The number of benzene rings is 1. The number of nitrogens with one attached hydrogen (secondary N) is 1. The first-order chi connectivity index (χ1) is 12.9. The number of hydrogen-bond acceptors (Lipinski definition) is 5. The van der Waals surface area contributed by atoms with Crippen LogP contribution in [0.3, 0.4) is 0 Å². The van der Waals surface area contributed by atoms with Crippen LogP contribution in [0.5, 0.6) is 0 Å². The van der Waals surface area contributed by atoms with Crippen LogP contribution in [-0.4, -0.2) is 81.2 Å². The molecule has 1 aromatic rings. The van der Waals surface area contributed by atoms with Gasteiger partial charge in [-0.15, -0.1) is 0 Å². The molecule has 0 bridgehead atoms. The maximum Gasteiger partial charge on any atom is 0.243 e. The standard InChI is InChI=1S/C19H32N4O4S/c1-8-23(9-2)28(26,27)17-12-16(11-10-14(17)3)20-19(25)15(4)22(7)13-18(24)21(5)6/h10-12,15H,8-9,13H2,1-7H3,(H,20,25)/t15-/m1/s1. The molecule has 0 aromatic heterocycles. The third kappa shape index (κ3) is 5.76. The first kappa shape index (κ1) is 24.1. The van der Waals surface area contributed by atoms with Crippen molar-refractivity contribution in [2.45, 2.75) is 38.6 Å². The lowest BCUT2D eigenvalue weighted by molar-refractivity contribution is -0.131. The van der Waals surface area contributed by atoms with E-state index in [0.29, 0.717) is 24.3 Å². The van der Waals surface area contributed by atoms with E-state index in [0.717, 1.165) is 0 Å². The lowest BCUT2D eigenvalue weighted by Gasteiger charge is -2.25. The topological polar surface area (TPSA) is 90.0 Å². The molecule has 0 saturated carbocycles. The Labute approximate surface area is 168 Å². The number of nitrogens with zero attached hydrogens (tertiary/aromatic N) is 3. The molecule has 0 radical (unpaired) electrons. The van der Waals surface area contributed by atoms with E-state index in [-0.39, 0.29) is 23.3 Å². The first-order valence-electron chi connectivity index (χ1n) is 9.27. The van der Waals surface area contributed by atoms with Gasteiger partial charge in [-0.05, 0) is 38.6 Å². The Morgan fingerprint density at radius 2 is 1.68 bits per heavy atom. The van der Waals surface area contributed by atoms with Gasteiger partial charge in [-0.1, -0.05) is 19.9 Å². The van der Waals surface area contributed by atoms with E-state index in [4.69, 9.17) is 0 Å². The van der Waals surface area contributed by atoms with Gasteiger partial charge < -0.3 is 10.2 Å². The summed E-state index contributed by atoms with van der Waals surface area (Å²) < 4.78 is 27.1. The van der Waals surface area contributed by atoms with Gasteiger partial charge in [-0.25, -0.2) is 8.42 Å². The van der Waals surface area contributed by atoms with Gasteiger partial charge in [-0.3, -0.25) is 14.5 Å². The zero-order valence-electron chi connectivity index (χ0n) is 17.8. The first-order valence-corrected chi connectivity index (χ1v) is 10.7. The third-order valence-corrected chi connectivity index (χ3v) is 6.89. The highest BCUT2D eigenvalue weighted by Crippen LogP contribution is 2.24. The molecule has 28 heavy (non-hydrogen) atoms. The highest BCUT2D eigenvalue weighted by Gasteiger charge is 2.25. The van der Waals surface area contributed by atoms with Crippen molar-refractivity contribution in [3.8, 4) is 0 Å². The molecule has 1 rings (SSSR count). The molecule has 0 unspecified atom stereocenters. The molecule has 9 heteroatoms. The van der Waals surface area contributed by atoms with E-state index in [9.17, 15) is 18.0 Å². The van der Waals surface area contributed by atoms with Gasteiger partial charge in [0.2, 0.25) is 21.8 Å². The minimum Gasteiger partial charge on any atom is -0.348 e. The summed E-state index contributed by atoms with van der Waals surface area (Å²) in [6.07, 6.45) is 0. The summed E-state index contributed by atoms with van der Waals surface area (Å²) in [5.41, 5.74) is 1.02. The van der Waals surface area contributed by atoms with E-state index >= 15 is 0 Å². The Bertz CT molecular complexity index is 804. The van der Waals surface area contributed by atoms with Crippen LogP contribution in [0.15, 0.2) is 23.1 Å². The molecule has 2 amide bonds. The number of rotatable bonds is 9. The van der Waals surface area contributed by atoms with Gasteiger partial charge in [-0.2, -0.15) is 4.31 Å². The van der Waals surface area contributed by atoms with Crippen LogP contribution in [0.4, 0.5) is 5.69 Å². The third-order valence-electron chi connectivity index (χ3n) is 4.70.